The van der Waals surface area contributed by atoms with Crippen molar-refractivity contribution in [2.75, 3.05) is 25.4 Å². The van der Waals surface area contributed by atoms with Crippen LogP contribution in [0.2, 0.25) is 0 Å². The first-order valence-corrected chi connectivity index (χ1v) is 12.0. The van der Waals surface area contributed by atoms with E-state index in [9.17, 15) is 9.59 Å². The van der Waals surface area contributed by atoms with Gasteiger partial charge in [0.15, 0.2) is 0 Å². The van der Waals surface area contributed by atoms with Crippen molar-refractivity contribution in [1.29, 1.82) is 0 Å². The quantitative estimate of drug-likeness (QED) is 0.438. The summed E-state index contributed by atoms with van der Waals surface area (Å²) in [5.74, 6) is 0.104. The van der Waals surface area contributed by atoms with E-state index in [1.54, 1.807) is 23.1 Å². The predicted octanol–water partition coefficient (Wildman–Crippen LogP) is 3.62. The molecule has 36 heavy (non-hydrogen) atoms. The summed E-state index contributed by atoms with van der Waals surface area (Å²) >= 11 is 0. The molecule has 0 spiro atoms. The van der Waals surface area contributed by atoms with Crippen LogP contribution in [-0.2, 0) is 7.05 Å². The van der Waals surface area contributed by atoms with E-state index in [1.165, 1.54) is 0 Å². The lowest BCUT2D eigenvalue weighted by atomic mass is 10.0. The first-order chi connectivity index (χ1) is 17.5. The van der Waals surface area contributed by atoms with Crippen molar-refractivity contribution in [3.63, 3.8) is 0 Å². The molecule has 1 saturated heterocycles. The van der Waals surface area contributed by atoms with Crippen molar-refractivity contribution in [2.24, 2.45) is 13.0 Å². The molecule has 0 bridgehead atoms. The molecule has 1 fully saturated rings. The average molecular weight is 481 g/mol. The number of nitrogens with two attached hydrogens (primary N) is 1. The van der Waals surface area contributed by atoms with Gasteiger partial charge in [-0.2, -0.15) is 5.10 Å². The van der Waals surface area contributed by atoms with Crippen LogP contribution in [0, 0.1) is 5.92 Å². The minimum atomic E-state index is -0.271. The minimum absolute atomic E-state index is 0.0149. The van der Waals surface area contributed by atoms with Gasteiger partial charge in [-0.25, -0.2) is 4.98 Å². The van der Waals surface area contributed by atoms with Crippen LogP contribution in [0.4, 0.5) is 5.82 Å². The summed E-state index contributed by atoms with van der Waals surface area (Å²) in [6, 6.07) is 19.5. The molecule has 1 aliphatic heterocycles. The van der Waals surface area contributed by atoms with Crippen LogP contribution in [0.5, 0.6) is 0 Å². The smallest absolute Gasteiger partial charge is 0.255 e. The fourth-order valence-electron chi connectivity index (χ4n) is 4.52. The summed E-state index contributed by atoms with van der Waals surface area (Å²) in [6.45, 7) is 1.73. The number of hydrogen-bond acceptors (Lipinski definition) is 5. The van der Waals surface area contributed by atoms with Crippen LogP contribution in [0.3, 0.4) is 0 Å². The Balaban J connectivity index is 1.17. The van der Waals surface area contributed by atoms with Crippen LogP contribution in [-0.4, -0.2) is 51.1 Å². The number of nitrogens with one attached hydrogen (secondary N) is 1. The number of benzene rings is 2. The van der Waals surface area contributed by atoms with Gasteiger partial charge in [0.2, 0.25) is 0 Å². The number of rotatable bonds is 6. The maximum Gasteiger partial charge on any atom is 0.255 e. The largest absolute Gasteiger partial charge is 0.383 e. The zero-order chi connectivity index (χ0) is 25.1. The molecule has 182 valence electrons. The Morgan fingerprint density at radius 3 is 2.47 bits per heavy atom. The summed E-state index contributed by atoms with van der Waals surface area (Å²) < 4.78 is 1.69. The highest BCUT2D eigenvalue weighted by atomic mass is 16.2. The molecule has 2 aromatic carbocycles. The topological polar surface area (TPSA) is 106 Å². The standard InChI is InChI=1S/C28H28N6O2/c1-33-18-24(16-32-33)23-13-25(26(29)30-15-23)27(35)31-14-19-11-12-34(17-19)28(36)22-9-7-21(8-10-22)20-5-3-2-4-6-20/h2-10,13,15-16,18-19H,11-12,14,17H2,1H3,(H2,29,30)(H,31,35)/t19-/m0/s1. The molecule has 5 rings (SSSR count). The van der Waals surface area contributed by atoms with E-state index in [1.807, 2.05) is 60.6 Å². The van der Waals surface area contributed by atoms with Gasteiger partial charge in [0.05, 0.1) is 11.8 Å². The third-order valence-corrected chi connectivity index (χ3v) is 6.56. The van der Waals surface area contributed by atoms with E-state index >= 15 is 0 Å². The van der Waals surface area contributed by atoms with Crippen molar-refractivity contribution in [3.05, 3.63) is 90.4 Å². The van der Waals surface area contributed by atoms with Gasteiger partial charge < -0.3 is 16.0 Å². The second kappa shape index (κ2) is 10.0. The molecule has 3 N–H and O–H groups in total. The minimum Gasteiger partial charge on any atom is -0.383 e. The van der Waals surface area contributed by atoms with Gasteiger partial charge in [0.25, 0.3) is 11.8 Å². The number of carbonyl (C=O) groups excluding carboxylic acids is 2. The van der Waals surface area contributed by atoms with Crippen LogP contribution in [0.15, 0.2) is 79.3 Å². The van der Waals surface area contributed by atoms with E-state index in [2.05, 4.69) is 27.5 Å². The number of anilines is 1. The molecular formula is C28H28N6O2. The van der Waals surface area contributed by atoms with Crippen molar-refractivity contribution >= 4 is 17.6 Å². The van der Waals surface area contributed by atoms with Crippen molar-refractivity contribution < 1.29 is 9.59 Å². The first-order valence-electron chi connectivity index (χ1n) is 12.0. The number of likely N-dealkylation sites (tertiary alicyclic amines) is 1. The summed E-state index contributed by atoms with van der Waals surface area (Å²) in [6.07, 6.45) is 6.04. The van der Waals surface area contributed by atoms with Crippen molar-refractivity contribution in [2.45, 2.75) is 6.42 Å². The fraction of sp³-hybridized carbons (Fsp3) is 0.214. The normalized spacial score (nSPS) is 15.1. The second-order valence-electron chi connectivity index (χ2n) is 9.12. The Morgan fingerprint density at radius 1 is 1.00 bits per heavy atom. The number of aryl methyl sites for hydroxylation is 1. The Kier molecular flexibility index (Phi) is 6.49. The van der Waals surface area contributed by atoms with E-state index in [0.717, 1.165) is 28.7 Å². The van der Waals surface area contributed by atoms with Gasteiger partial charge in [0.1, 0.15) is 5.82 Å². The maximum absolute atomic E-state index is 13.0. The highest BCUT2D eigenvalue weighted by Gasteiger charge is 2.27. The molecule has 2 amide bonds. The number of pyridine rings is 1. The van der Waals surface area contributed by atoms with Crippen LogP contribution < -0.4 is 11.1 Å². The molecule has 0 saturated carbocycles. The summed E-state index contributed by atoms with van der Waals surface area (Å²) in [5.41, 5.74) is 10.8. The first kappa shape index (κ1) is 23.3. The Bertz CT molecular complexity index is 1380. The van der Waals surface area contributed by atoms with Crippen LogP contribution >= 0.6 is 0 Å². The third-order valence-electron chi connectivity index (χ3n) is 6.56. The predicted molar refractivity (Wildman–Crippen MR) is 139 cm³/mol. The number of hydrogen-bond donors (Lipinski definition) is 2. The van der Waals surface area contributed by atoms with Gasteiger partial charge in [-0.05, 0) is 41.7 Å². The Hall–Kier alpha value is -4.46. The number of carbonyl (C=O) groups is 2. The second-order valence-corrected chi connectivity index (χ2v) is 9.12. The Morgan fingerprint density at radius 2 is 1.75 bits per heavy atom. The molecule has 0 radical (unpaired) electrons. The molecule has 2 aromatic heterocycles. The summed E-state index contributed by atoms with van der Waals surface area (Å²) in [7, 11) is 1.83. The number of nitrogens with zero attached hydrogens (tertiary/aromatic N) is 4. The molecule has 0 aliphatic carbocycles. The molecule has 3 heterocycles. The van der Waals surface area contributed by atoms with Crippen molar-refractivity contribution in [3.8, 4) is 22.3 Å². The molecule has 1 atom stereocenters. The van der Waals surface area contributed by atoms with Crippen LogP contribution in [0.1, 0.15) is 27.1 Å². The summed E-state index contributed by atoms with van der Waals surface area (Å²) in [5, 5.41) is 7.14. The van der Waals surface area contributed by atoms with Gasteiger partial charge in [-0.1, -0.05) is 42.5 Å². The number of amides is 2. The van der Waals surface area contributed by atoms with E-state index in [4.69, 9.17) is 5.73 Å². The molecule has 8 nitrogen and oxygen atoms in total. The highest BCUT2D eigenvalue weighted by Crippen LogP contribution is 2.24. The molecule has 8 heteroatoms. The highest BCUT2D eigenvalue weighted by molar-refractivity contribution is 5.99. The zero-order valence-electron chi connectivity index (χ0n) is 20.1. The van der Waals surface area contributed by atoms with E-state index in [-0.39, 0.29) is 23.6 Å². The van der Waals surface area contributed by atoms with E-state index < -0.39 is 0 Å². The lowest BCUT2D eigenvalue weighted by Crippen LogP contribution is -2.33. The van der Waals surface area contributed by atoms with Gasteiger partial charge in [-0.3, -0.25) is 14.3 Å². The van der Waals surface area contributed by atoms with Crippen LogP contribution in [0.25, 0.3) is 22.3 Å². The van der Waals surface area contributed by atoms with Crippen molar-refractivity contribution in [1.82, 2.24) is 25.0 Å². The number of aromatic nitrogens is 3. The van der Waals surface area contributed by atoms with Gasteiger partial charge in [-0.15, -0.1) is 0 Å². The SMILES string of the molecule is Cn1cc(-c2cnc(N)c(C(=O)NC[C@@H]3CCN(C(=O)c4ccc(-c5ccccc5)cc4)C3)c2)cn1. The molecular weight excluding hydrogens is 452 g/mol. The average Bonchev–Trinajstić information content (AvgIpc) is 3.57. The molecule has 1 aliphatic rings. The van der Waals surface area contributed by atoms with E-state index in [0.29, 0.717) is 30.8 Å². The van der Waals surface area contributed by atoms with Gasteiger partial charge in [0, 0.05) is 55.8 Å². The summed E-state index contributed by atoms with van der Waals surface area (Å²) in [4.78, 5) is 31.9. The molecule has 4 aromatic rings. The maximum atomic E-state index is 13.0. The molecule has 0 unspecified atom stereocenters. The number of nitrogen functional groups attached to an aromatic ring is 1. The third kappa shape index (κ3) is 4.98. The lowest BCUT2D eigenvalue weighted by molar-refractivity contribution is 0.0787. The van der Waals surface area contributed by atoms with Gasteiger partial charge >= 0.3 is 0 Å². The zero-order valence-corrected chi connectivity index (χ0v) is 20.1. The fourth-order valence-corrected chi connectivity index (χ4v) is 4.52. The Labute approximate surface area is 209 Å². The lowest BCUT2D eigenvalue weighted by Gasteiger charge is -2.17. The monoisotopic (exact) mass is 480 g/mol.